The molecule has 0 aliphatic rings. The van der Waals surface area contributed by atoms with Gasteiger partial charge < -0.3 is 0 Å². The molecule has 0 saturated carbocycles. The highest BCUT2D eigenvalue weighted by atomic mass is 32.2. The lowest BCUT2D eigenvalue weighted by atomic mass is 10.0. The van der Waals surface area contributed by atoms with E-state index in [1.807, 2.05) is 0 Å². The van der Waals surface area contributed by atoms with Crippen LogP contribution in [0.1, 0.15) is 18.1 Å². The van der Waals surface area contributed by atoms with Crippen LogP contribution in [0.25, 0.3) is 11.1 Å². The fourth-order valence-electron chi connectivity index (χ4n) is 1.76. The van der Waals surface area contributed by atoms with Crippen molar-refractivity contribution in [3.05, 3.63) is 41.7 Å². The first-order valence-corrected chi connectivity index (χ1v) is 7.69. The smallest absolute Gasteiger partial charge is 0.205 e. The number of benzene rings is 1. The molecular formula is C13H10F3N3O2S. The second kappa shape index (κ2) is 5.46. The minimum Gasteiger partial charge on any atom is -0.205 e. The Hall–Kier alpha value is -2.34. The highest BCUT2D eigenvalue weighted by molar-refractivity contribution is 7.89. The maximum atomic E-state index is 12.8. The molecule has 0 fully saturated rings. The van der Waals surface area contributed by atoms with Crippen molar-refractivity contribution < 1.29 is 21.6 Å². The summed E-state index contributed by atoms with van der Waals surface area (Å²) >= 11 is 0. The molecule has 0 aliphatic carbocycles. The quantitative estimate of drug-likeness (QED) is 0.867. The third-order valence-electron chi connectivity index (χ3n) is 2.93. The van der Waals surface area contributed by atoms with Gasteiger partial charge in [0.1, 0.15) is 0 Å². The van der Waals surface area contributed by atoms with Gasteiger partial charge >= 0.3 is 6.18 Å². The first kappa shape index (κ1) is 16.0. The van der Waals surface area contributed by atoms with Gasteiger partial charge in [-0.1, -0.05) is 0 Å². The van der Waals surface area contributed by atoms with Crippen molar-refractivity contribution in [2.75, 3.05) is 5.75 Å². The summed E-state index contributed by atoms with van der Waals surface area (Å²) in [6.45, 7) is 1.43. The Labute approximate surface area is 124 Å². The van der Waals surface area contributed by atoms with E-state index in [1.54, 1.807) is 6.07 Å². The maximum absolute atomic E-state index is 12.8. The van der Waals surface area contributed by atoms with Gasteiger partial charge in [0.25, 0.3) is 10.0 Å². The van der Waals surface area contributed by atoms with E-state index >= 15 is 0 Å². The molecule has 1 heterocycles. The Morgan fingerprint density at radius 3 is 2.50 bits per heavy atom. The van der Waals surface area contributed by atoms with Crippen molar-refractivity contribution in [3.8, 4) is 17.2 Å². The Balaban J connectivity index is 2.57. The average molecular weight is 329 g/mol. The fraction of sp³-hybridized carbons (Fsp3) is 0.231. The molecule has 0 bridgehead atoms. The molecule has 1 aromatic heterocycles. The topological polar surface area (TPSA) is 75.8 Å². The predicted molar refractivity (Wildman–Crippen MR) is 72.2 cm³/mol. The number of nitrogens with zero attached hydrogens (tertiary/aromatic N) is 3. The van der Waals surface area contributed by atoms with Crippen molar-refractivity contribution in [1.82, 2.24) is 9.19 Å². The number of rotatable bonds is 3. The van der Waals surface area contributed by atoms with Crippen LogP contribution in [0.5, 0.6) is 0 Å². The Morgan fingerprint density at radius 1 is 1.27 bits per heavy atom. The van der Waals surface area contributed by atoms with Crippen LogP contribution in [-0.4, -0.2) is 23.4 Å². The zero-order valence-electron chi connectivity index (χ0n) is 11.3. The molecular weight excluding hydrogens is 319 g/mol. The van der Waals surface area contributed by atoms with Crippen LogP contribution in [0.3, 0.4) is 0 Å². The van der Waals surface area contributed by atoms with Gasteiger partial charge in [-0.3, -0.25) is 0 Å². The molecule has 116 valence electrons. The zero-order chi connectivity index (χ0) is 16.5. The van der Waals surface area contributed by atoms with Crippen LogP contribution < -0.4 is 0 Å². The van der Waals surface area contributed by atoms with Gasteiger partial charge in [-0.15, -0.1) is 0 Å². The maximum Gasteiger partial charge on any atom is 0.416 e. The molecule has 1 aromatic carbocycles. The third-order valence-corrected chi connectivity index (χ3v) is 4.43. The van der Waals surface area contributed by atoms with E-state index in [0.29, 0.717) is 4.09 Å². The number of halogens is 3. The van der Waals surface area contributed by atoms with Crippen molar-refractivity contribution in [2.45, 2.75) is 13.1 Å². The summed E-state index contributed by atoms with van der Waals surface area (Å²) in [5.74, 6) is -0.194. The summed E-state index contributed by atoms with van der Waals surface area (Å²) < 4.78 is 62.5. The summed E-state index contributed by atoms with van der Waals surface area (Å²) in [4.78, 5) is 0. The number of hydrogen-bond acceptors (Lipinski definition) is 4. The highest BCUT2D eigenvalue weighted by Gasteiger charge is 2.31. The lowest BCUT2D eigenvalue weighted by Crippen LogP contribution is -2.14. The van der Waals surface area contributed by atoms with E-state index in [-0.39, 0.29) is 22.4 Å². The SMILES string of the molecule is CCS(=O)(=O)n1cc(-c2cc(C#N)cc(C(F)(F)F)c2)cn1. The summed E-state index contributed by atoms with van der Waals surface area (Å²) in [5.41, 5.74) is -0.896. The molecule has 0 unspecified atom stereocenters. The summed E-state index contributed by atoms with van der Waals surface area (Å²) in [7, 11) is -3.62. The van der Waals surface area contributed by atoms with Crippen molar-refractivity contribution in [3.63, 3.8) is 0 Å². The van der Waals surface area contributed by atoms with Gasteiger partial charge in [-0.05, 0) is 30.7 Å². The van der Waals surface area contributed by atoms with Gasteiger partial charge in [0.2, 0.25) is 0 Å². The van der Waals surface area contributed by atoms with E-state index in [2.05, 4.69) is 5.10 Å². The summed E-state index contributed by atoms with van der Waals surface area (Å²) in [6, 6.07) is 4.48. The first-order chi connectivity index (χ1) is 10.2. The van der Waals surface area contributed by atoms with Gasteiger partial charge in [0, 0.05) is 5.56 Å². The third kappa shape index (κ3) is 3.12. The lowest BCUT2D eigenvalue weighted by Gasteiger charge is -2.08. The molecule has 5 nitrogen and oxygen atoms in total. The van der Waals surface area contributed by atoms with Crippen molar-refractivity contribution >= 4 is 10.0 Å². The molecule has 22 heavy (non-hydrogen) atoms. The zero-order valence-corrected chi connectivity index (χ0v) is 12.1. The van der Waals surface area contributed by atoms with E-state index in [9.17, 15) is 21.6 Å². The van der Waals surface area contributed by atoms with E-state index in [0.717, 1.165) is 24.5 Å². The summed E-state index contributed by atoms with van der Waals surface area (Å²) in [5, 5.41) is 12.5. The number of alkyl halides is 3. The minimum absolute atomic E-state index is 0.0731. The highest BCUT2D eigenvalue weighted by Crippen LogP contribution is 2.33. The number of nitriles is 1. The molecule has 0 aliphatic heterocycles. The molecule has 0 atom stereocenters. The second-order valence-electron chi connectivity index (χ2n) is 4.41. The minimum atomic E-state index is -4.60. The number of hydrogen-bond donors (Lipinski definition) is 0. The van der Waals surface area contributed by atoms with E-state index in [4.69, 9.17) is 5.26 Å². The standard InChI is InChI=1S/C13H10F3N3O2S/c1-2-22(20,21)19-8-11(7-18-19)10-3-9(6-17)4-12(5-10)13(14,15)16/h3-5,7-8H,2H2,1H3. The fourth-order valence-corrected chi connectivity index (χ4v) is 2.49. The molecule has 2 rings (SSSR count). The van der Waals surface area contributed by atoms with E-state index in [1.165, 1.54) is 13.0 Å². The molecule has 0 radical (unpaired) electrons. The first-order valence-electron chi connectivity index (χ1n) is 6.08. The molecule has 0 N–H and O–H groups in total. The van der Waals surface area contributed by atoms with Crippen LogP contribution in [0.2, 0.25) is 0 Å². The Morgan fingerprint density at radius 2 is 1.95 bits per heavy atom. The van der Waals surface area contributed by atoms with Crippen molar-refractivity contribution in [2.24, 2.45) is 0 Å². The van der Waals surface area contributed by atoms with Gasteiger partial charge in [0.05, 0.1) is 35.3 Å². The Kier molecular flexibility index (Phi) is 3.98. The lowest BCUT2D eigenvalue weighted by molar-refractivity contribution is -0.137. The van der Waals surface area contributed by atoms with Crippen LogP contribution in [0, 0.1) is 11.3 Å². The van der Waals surface area contributed by atoms with Crippen LogP contribution in [0.15, 0.2) is 30.6 Å². The molecule has 2 aromatic rings. The summed E-state index contributed by atoms with van der Waals surface area (Å²) in [6.07, 6.45) is -2.34. The average Bonchev–Trinajstić information content (AvgIpc) is 2.96. The van der Waals surface area contributed by atoms with Gasteiger partial charge in [-0.2, -0.15) is 27.6 Å². The largest absolute Gasteiger partial charge is 0.416 e. The van der Waals surface area contributed by atoms with Gasteiger partial charge in [-0.25, -0.2) is 8.42 Å². The molecule has 9 heteroatoms. The van der Waals surface area contributed by atoms with Gasteiger partial charge in [0.15, 0.2) is 0 Å². The molecule has 0 saturated heterocycles. The van der Waals surface area contributed by atoms with Crippen LogP contribution in [-0.2, 0) is 16.2 Å². The van der Waals surface area contributed by atoms with E-state index < -0.39 is 21.8 Å². The molecule has 0 spiro atoms. The predicted octanol–water partition coefficient (Wildman–Crippen LogP) is 2.64. The van der Waals surface area contributed by atoms with Crippen molar-refractivity contribution in [1.29, 1.82) is 5.26 Å². The normalized spacial score (nSPS) is 12.1. The van der Waals surface area contributed by atoms with Crippen LogP contribution >= 0.6 is 0 Å². The molecule has 0 amide bonds. The van der Waals surface area contributed by atoms with Crippen LogP contribution in [0.4, 0.5) is 13.2 Å². The monoisotopic (exact) mass is 329 g/mol. The second-order valence-corrected chi connectivity index (χ2v) is 6.53. The number of aromatic nitrogens is 2. The Bertz CT molecular complexity index is 848.